The largest absolute Gasteiger partial charge is 0.306 e. The van der Waals surface area contributed by atoms with Crippen molar-refractivity contribution >= 4 is 0 Å². The van der Waals surface area contributed by atoms with Gasteiger partial charge in [0.1, 0.15) is 0 Å². The van der Waals surface area contributed by atoms with Gasteiger partial charge in [0.2, 0.25) is 0 Å². The molecule has 0 aliphatic rings. The van der Waals surface area contributed by atoms with Crippen LogP contribution < -0.4 is 5.32 Å². The number of nitrogens with one attached hydrogen (secondary N) is 1. The van der Waals surface area contributed by atoms with E-state index in [4.69, 9.17) is 0 Å². The predicted octanol–water partition coefficient (Wildman–Crippen LogP) is 3.12. The minimum absolute atomic E-state index is 0.284. The lowest BCUT2D eigenvalue weighted by atomic mass is 10.1. The van der Waals surface area contributed by atoms with Crippen molar-refractivity contribution in [2.24, 2.45) is 0 Å². The molecule has 106 valence electrons. The summed E-state index contributed by atoms with van der Waals surface area (Å²) in [6.07, 6.45) is 9.23. The normalized spacial score (nSPS) is 12.2. The highest BCUT2D eigenvalue weighted by molar-refractivity contribution is 5.34. The van der Waals surface area contributed by atoms with Gasteiger partial charge in [-0.15, -0.1) is 0 Å². The fourth-order valence-electron chi connectivity index (χ4n) is 2.22. The highest BCUT2D eigenvalue weighted by Gasteiger charge is 2.04. The molecule has 1 aromatic carbocycles. The molecule has 2 aromatic heterocycles. The molecule has 1 atom stereocenters. The van der Waals surface area contributed by atoms with E-state index in [-0.39, 0.29) is 6.04 Å². The van der Waals surface area contributed by atoms with Crippen molar-refractivity contribution in [3.63, 3.8) is 0 Å². The van der Waals surface area contributed by atoms with Gasteiger partial charge < -0.3 is 9.88 Å². The summed E-state index contributed by atoms with van der Waals surface area (Å²) in [7, 11) is 0. The lowest BCUT2D eigenvalue weighted by Crippen LogP contribution is -2.18. The summed E-state index contributed by atoms with van der Waals surface area (Å²) < 4.78 is 2.00. The molecular weight excluding hydrogens is 260 g/mol. The molecule has 0 saturated heterocycles. The predicted molar refractivity (Wildman–Crippen MR) is 83.1 cm³/mol. The Hall–Kier alpha value is -2.46. The summed E-state index contributed by atoms with van der Waals surface area (Å²) >= 11 is 0. The minimum atomic E-state index is 0.284. The zero-order valence-corrected chi connectivity index (χ0v) is 12.0. The second-order valence-electron chi connectivity index (χ2n) is 5.03. The molecule has 4 nitrogen and oxygen atoms in total. The van der Waals surface area contributed by atoms with Gasteiger partial charge in [0.15, 0.2) is 0 Å². The van der Waals surface area contributed by atoms with Crippen LogP contribution >= 0.6 is 0 Å². The van der Waals surface area contributed by atoms with Crippen LogP contribution in [0.15, 0.2) is 67.5 Å². The third-order valence-electron chi connectivity index (χ3n) is 3.54. The van der Waals surface area contributed by atoms with Crippen LogP contribution in [-0.2, 0) is 6.54 Å². The maximum Gasteiger partial charge on any atom is 0.0991 e. The Labute approximate surface area is 124 Å². The quantitative estimate of drug-likeness (QED) is 0.779. The van der Waals surface area contributed by atoms with Crippen LogP contribution in [0.2, 0.25) is 0 Å². The number of nitrogens with zero attached hydrogens (tertiary/aromatic N) is 3. The van der Waals surface area contributed by atoms with Crippen molar-refractivity contribution in [1.29, 1.82) is 0 Å². The van der Waals surface area contributed by atoms with Gasteiger partial charge in [0.25, 0.3) is 0 Å². The Morgan fingerprint density at radius 2 is 1.95 bits per heavy atom. The van der Waals surface area contributed by atoms with Crippen molar-refractivity contribution in [3.05, 3.63) is 78.6 Å². The second kappa shape index (κ2) is 6.33. The number of hydrogen-bond donors (Lipinski definition) is 1. The summed E-state index contributed by atoms with van der Waals surface area (Å²) in [5.41, 5.74) is 3.58. The third kappa shape index (κ3) is 3.35. The van der Waals surface area contributed by atoms with E-state index >= 15 is 0 Å². The van der Waals surface area contributed by atoms with Crippen LogP contribution in [0.3, 0.4) is 0 Å². The number of aromatic nitrogens is 3. The van der Waals surface area contributed by atoms with Crippen LogP contribution in [0.25, 0.3) is 5.69 Å². The van der Waals surface area contributed by atoms with Crippen molar-refractivity contribution in [3.8, 4) is 5.69 Å². The van der Waals surface area contributed by atoms with Gasteiger partial charge in [0, 0.05) is 43.1 Å². The lowest BCUT2D eigenvalue weighted by Gasteiger charge is -2.14. The van der Waals surface area contributed by atoms with Crippen LogP contribution in [0, 0.1) is 0 Å². The number of rotatable bonds is 5. The average Bonchev–Trinajstić information content (AvgIpc) is 3.08. The zero-order valence-electron chi connectivity index (χ0n) is 12.0. The Bertz CT molecular complexity index is 660. The Morgan fingerprint density at radius 3 is 2.62 bits per heavy atom. The van der Waals surface area contributed by atoms with E-state index in [1.165, 1.54) is 11.1 Å². The van der Waals surface area contributed by atoms with Crippen LogP contribution in [0.5, 0.6) is 0 Å². The van der Waals surface area contributed by atoms with Crippen molar-refractivity contribution in [1.82, 2.24) is 19.9 Å². The molecule has 0 saturated carbocycles. The van der Waals surface area contributed by atoms with Gasteiger partial charge >= 0.3 is 0 Å². The summed E-state index contributed by atoms with van der Waals surface area (Å²) in [5, 5.41) is 3.51. The summed E-state index contributed by atoms with van der Waals surface area (Å²) in [6.45, 7) is 2.98. The molecule has 1 N–H and O–H groups in total. The van der Waals surface area contributed by atoms with E-state index in [1.54, 1.807) is 18.7 Å². The lowest BCUT2D eigenvalue weighted by molar-refractivity contribution is 0.573. The smallest absolute Gasteiger partial charge is 0.0991 e. The highest BCUT2D eigenvalue weighted by Crippen LogP contribution is 2.13. The monoisotopic (exact) mass is 278 g/mol. The second-order valence-corrected chi connectivity index (χ2v) is 5.03. The van der Waals surface area contributed by atoms with Gasteiger partial charge in [-0.2, -0.15) is 0 Å². The topological polar surface area (TPSA) is 42.7 Å². The number of benzene rings is 1. The zero-order chi connectivity index (χ0) is 14.5. The molecule has 2 heterocycles. The molecule has 3 rings (SSSR count). The van der Waals surface area contributed by atoms with Gasteiger partial charge in [-0.05, 0) is 36.2 Å². The number of hydrogen-bond acceptors (Lipinski definition) is 3. The highest BCUT2D eigenvalue weighted by atomic mass is 15.0. The third-order valence-corrected chi connectivity index (χ3v) is 3.54. The van der Waals surface area contributed by atoms with Crippen molar-refractivity contribution in [2.45, 2.75) is 19.5 Å². The van der Waals surface area contributed by atoms with E-state index in [1.807, 2.05) is 23.0 Å². The summed E-state index contributed by atoms with van der Waals surface area (Å²) in [4.78, 5) is 8.21. The van der Waals surface area contributed by atoms with Crippen molar-refractivity contribution < 1.29 is 0 Å². The van der Waals surface area contributed by atoms with E-state index in [9.17, 15) is 0 Å². The molecule has 0 aliphatic heterocycles. The van der Waals surface area contributed by atoms with E-state index < -0.39 is 0 Å². The fourth-order valence-corrected chi connectivity index (χ4v) is 2.22. The fraction of sp³-hybridized carbons (Fsp3) is 0.176. The first-order valence-corrected chi connectivity index (χ1v) is 7.03. The van der Waals surface area contributed by atoms with E-state index in [0.717, 1.165) is 12.2 Å². The molecule has 21 heavy (non-hydrogen) atoms. The molecule has 0 fully saturated rings. The minimum Gasteiger partial charge on any atom is -0.306 e. The molecule has 0 radical (unpaired) electrons. The molecule has 0 aliphatic carbocycles. The maximum atomic E-state index is 4.15. The van der Waals surface area contributed by atoms with E-state index in [2.05, 4.69) is 52.5 Å². The Balaban J connectivity index is 1.61. The standard InChI is InChI=1S/C17H18N4/c1-14(16-3-2-8-18-12-16)20-11-15-4-6-17(7-5-15)21-10-9-19-13-21/h2-10,12-14,20H,11H2,1H3/t14-/m0/s1. The van der Waals surface area contributed by atoms with Gasteiger partial charge in [-0.1, -0.05) is 18.2 Å². The van der Waals surface area contributed by atoms with E-state index in [0.29, 0.717) is 0 Å². The van der Waals surface area contributed by atoms with Crippen LogP contribution in [-0.4, -0.2) is 14.5 Å². The molecule has 0 bridgehead atoms. The first-order valence-electron chi connectivity index (χ1n) is 7.03. The number of imidazole rings is 1. The van der Waals surface area contributed by atoms with Crippen LogP contribution in [0.1, 0.15) is 24.1 Å². The van der Waals surface area contributed by atoms with Crippen molar-refractivity contribution in [2.75, 3.05) is 0 Å². The van der Waals surface area contributed by atoms with Gasteiger partial charge in [-0.3, -0.25) is 4.98 Å². The molecular formula is C17H18N4. The SMILES string of the molecule is C[C@H](NCc1ccc(-n2ccnc2)cc1)c1cccnc1. The maximum absolute atomic E-state index is 4.15. The molecule has 3 aromatic rings. The summed E-state index contributed by atoms with van der Waals surface area (Å²) in [6, 6.07) is 12.8. The van der Waals surface area contributed by atoms with Crippen LogP contribution in [0.4, 0.5) is 0 Å². The summed E-state index contributed by atoms with van der Waals surface area (Å²) in [5.74, 6) is 0. The van der Waals surface area contributed by atoms with Gasteiger partial charge in [0.05, 0.1) is 6.33 Å². The first-order chi connectivity index (χ1) is 10.3. The number of pyridine rings is 1. The Kier molecular flexibility index (Phi) is 4.07. The molecule has 0 spiro atoms. The van der Waals surface area contributed by atoms with Gasteiger partial charge in [-0.25, -0.2) is 4.98 Å². The first kappa shape index (κ1) is 13.5. The average molecular weight is 278 g/mol. The Morgan fingerprint density at radius 1 is 1.10 bits per heavy atom. The molecule has 0 amide bonds. The molecule has 0 unspecified atom stereocenters. The molecule has 4 heteroatoms.